The number of aliphatic hydroxyl groups excluding tert-OH is 1. The van der Waals surface area contributed by atoms with Crippen molar-refractivity contribution in [1.29, 1.82) is 0 Å². The first-order valence-electron chi connectivity index (χ1n) is 7.09. The number of likely N-dealkylation sites (tertiary alicyclic amines) is 1. The maximum atomic E-state index is 12.5. The van der Waals surface area contributed by atoms with Crippen molar-refractivity contribution in [3.63, 3.8) is 0 Å². The van der Waals surface area contributed by atoms with Crippen LogP contribution in [0.15, 0.2) is 29.2 Å². The van der Waals surface area contributed by atoms with Gasteiger partial charge in [0.25, 0.3) is 0 Å². The fraction of sp³-hybridized carbons (Fsp3) is 0.467. The molecule has 21 heavy (non-hydrogen) atoms. The normalized spacial score (nSPS) is 21.9. The Labute approximate surface area is 127 Å². The highest BCUT2D eigenvalue weighted by molar-refractivity contribution is 7.07. The molecule has 1 saturated heterocycles. The molecule has 112 valence electrons. The third kappa shape index (κ3) is 3.16. The monoisotopic (exact) mass is 305 g/mol. The van der Waals surface area contributed by atoms with Crippen LogP contribution in [0, 0.1) is 0 Å². The Bertz CT molecular complexity index is 608. The van der Waals surface area contributed by atoms with Crippen molar-refractivity contribution in [3.8, 4) is 0 Å². The maximum Gasteiger partial charge on any atom is 0.227 e. The standard InChI is InChI=1S/C15H19N3O2S/c1-17-9-12(8-16-17)6-13-14(19)2-4-18(13)15(20)7-11-3-5-21-10-11/h3,5,8-10,13-14,19H,2,4,6-7H2,1H3/t13-,14-/m0/s1. The number of rotatable bonds is 4. The molecule has 1 fully saturated rings. The molecule has 6 heteroatoms. The van der Waals surface area contributed by atoms with E-state index in [9.17, 15) is 9.90 Å². The molecular weight excluding hydrogens is 286 g/mol. The van der Waals surface area contributed by atoms with Crippen molar-refractivity contribution in [2.24, 2.45) is 7.05 Å². The molecule has 5 nitrogen and oxygen atoms in total. The van der Waals surface area contributed by atoms with Gasteiger partial charge < -0.3 is 10.0 Å². The molecule has 2 aromatic heterocycles. The van der Waals surface area contributed by atoms with Gasteiger partial charge in [0, 0.05) is 19.8 Å². The van der Waals surface area contributed by atoms with Gasteiger partial charge in [-0.2, -0.15) is 16.4 Å². The maximum absolute atomic E-state index is 12.5. The molecule has 1 aliphatic heterocycles. The summed E-state index contributed by atoms with van der Waals surface area (Å²) in [4.78, 5) is 14.3. The summed E-state index contributed by atoms with van der Waals surface area (Å²) in [5, 5.41) is 18.3. The molecule has 0 saturated carbocycles. The molecule has 3 heterocycles. The van der Waals surface area contributed by atoms with Crippen LogP contribution < -0.4 is 0 Å². The lowest BCUT2D eigenvalue weighted by Gasteiger charge is -2.26. The van der Waals surface area contributed by atoms with E-state index >= 15 is 0 Å². The number of amides is 1. The van der Waals surface area contributed by atoms with Crippen LogP contribution in [0.25, 0.3) is 0 Å². The van der Waals surface area contributed by atoms with E-state index < -0.39 is 6.10 Å². The van der Waals surface area contributed by atoms with Crippen molar-refractivity contribution >= 4 is 17.2 Å². The van der Waals surface area contributed by atoms with E-state index in [1.54, 1.807) is 22.2 Å². The van der Waals surface area contributed by atoms with Crippen LogP contribution in [0.1, 0.15) is 17.5 Å². The van der Waals surface area contributed by atoms with Crippen LogP contribution in [0.3, 0.4) is 0 Å². The zero-order chi connectivity index (χ0) is 14.8. The van der Waals surface area contributed by atoms with Gasteiger partial charge in [-0.1, -0.05) is 0 Å². The number of aryl methyl sites for hydroxylation is 1. The molecule has 0 bridgehead atoms. The smallest absolute Gasteiger partial charge is 0.227 e. The number of aromatic nitrogens is 2. The van der Waals surface area contributed by atoms with Crippen molar-refractivity contribution < 1.29 is 9.90 Å². The minimum absolute atomic E-state index is 0.0961. The van der Waals surface area contributed by atoms with Gasteiger partial charge in [-0.15, -0.1) is 0 Å². The van der Waals surface area contributed by atoms with Crippen LogP contribution in [-0.4, -0.2) is 44.4 Å². The van der Waals surface area contributed by atoms with Crippen molar-refractivity contribution in [1.82, 2.24) is 14.7 Å². The third-order valence-electron chi connectivity index (χ3n) is 3.97. The van der Waals surface area contributed by atoms with Gasteiger partial charge in [0.15, 0.2) is 0 Å². The van der Waals surface area contributed by atoms with E-state index in [0.717, 1.165) is 11.1 Å². The highest BCUT2D eigenvalue weighted by Gasteiger charge is 2.35. The largest absolute Gasteiger partial charge is 0.391 e. The van der Waals surface area contributed by atoms with Gasteiger partial charge in [-0.3, -0.25) is 9.48 Å². The molecule has 0 unspecified atom stereocenters. The number of thiophene rings is 1. The number of carbonyl (C=O) groups excluding carboxylic acids is 1. The predicted octanol–water partition coefficient (Wildman–Crippen LogP) is 1.23. The SMILES string of the molecule is Cn1cc(C[C@H]2[C@@H](O)CCN2C(=O)Cc2ccsc2)cn1. The average molecular weight is 305 g/mol. The summed E-state index contributed by atoms with van der Waals surface area (Å²) in [6.07, 6.45) is 5.01. The van der Waals surface area contributed by atoms with Gasteiger partial charge in [-0.25, -0.2) is 0 Å². The number of nitrogens with zero attached hydrogens (tertiary/aromatic N) is 3. The van der Waals surface area contributed by atoms with E-state index in [1.807, 2.05) is 35.0 Å². The van der Waals surface area contributed by atoms with Crippen molar-refractivity contribution in [2.45, 2.75) is 31.4 Å². The highest BCUT2D eigenvalue weighted by atomic mass is 32.1. The van der Waals surface area contributed by atoms with Crippen LogP contribution >= 0.6 is 11.3 Å². The van der Waals surface area contributed by atoms with Crippen LogP contribution in [0.5, 0.6) is 0 Å². The summed E-state index contributed by atoms with van der Waals surface area (Å²) in [6, 6.07) is 1.84. The average Bonchev–Trinajstić information content (AvgIpc) is 3.15. The van der Waals surface area contributed by atoms with Gasteiger partial charge in [-0.05, 0) is 40.8 Å². The van der Waals surface area contributed by atoms with E-state index in [2.05, 4.69) is 5.10 Å². The Morgan fingerprint density at radius 1 is 1.52 bits per heavy atom. The van der Waals surface area contributed by atoms with Crippen LogP contribution in [0.2, 0.25) is 0 Å². The molecule has 3 rings (SSSR count). The Morgan fingerprint density at radius 3 is 3.05 bits per heavy atom. The molecule has 0 radical (unpaired) electrons. The Morgan fingerprint density at radius 2 is 2.38 bits per heavy atom. The molecule has 0 aliphatic carbocycles. The summed E-state index contributed by atoms with van der Waals surface area (Å²) in [6.45, 7) is 0.634. The third-order valence-corrected chi connectivity index (χ3v) is 4.70. The molecule has 0 aromatic carbocycles. The quantitative estimate of drug-likeness (QED) is 0.924. The van der Waals surface area contributed by atoms with Crippen molar-refractivity contribution in [3.05, 3.63) is 40.3 Å². The zero-order valence-corrected chi connectivity index (χ0v) is 12.8. The highest BCUT2D eigenvalue weighted by Crippen LogP contribution is 2.23. The Balaban J connectivity index is 1.69. The van der Waals surface area contributed by atoms with E-state index in [4.69, 9.17) is 0 Å². The van der Waals surface area contributed by atoms with E-state index in [-0.39, 0.29) is 11.9 Å². The summed E-state index contributed by atoms with van der Waals surface area (Å²) in [7, 11) is 1.87. The fourth-order valence-electron chi connectivity index (χ4n) is 2.88. The summed E-state index contributed by atoms with van der Waals surface area (Å²) in [5.74, 6) is 0.0961. The summed E-state index contributed by atoms with van der Waals surface area (Å²) >= 11 is 1.60. The Hall–Kier alpha value is -1.66. The van der Waals surface area contributed by atoms with E-state index in [1.165, 1.54) is 0 Å². The lowest BCUT2D eigenvalue weighted by Crippen LogP contribution is -2.41. The summed E-state index contributed by atoms with van der Waals surface area (Å²) < 4.78 is 1.74. The second kappa shape index (κ2) is 5.99. The summed E-state index contributed by atoms with van der Waals surface area (Å²) in [5.41, 5.74) is 2.10. The Kier molecular flexibility index (Phi) is 4.07. The minimum atomic E-state index is -0.448. The first kappa shape index (κ1) is 14.3. The zero-order valence-electron chi connectivity index (χ0n) is 12.0. The van der Waals surface area contributed by atoms with Gasteiger partial charge in [0.05, 0.1) is 24.8 Å². The second-order valence-electron chi connectivity index (χ2n) is 5.55. The molecule has 1 amide bonds. The second-order valence-corrected chi connectivity index (χ2v) is 6.33. The van der Waals surface area contributed by atoms with Crippen LogP contribution in [0.4, 0.5) is 0 Å². The first-order valence-corrected chi connectivity index (χ1v) is 8.04. The van der Waals surface area contributed by atoms with Crippen molar-refractivity contribution in [2.75, 3.05) is 6.54 Å². The number of hydrogen-bond acceptors (Lipinski definition) is 4. The first-order chi connectivity index (χ1) is 10.1. The van der Waals surface area contributed by atoms with Gasteiger partial charge >= 0.3 is 0 Å². The lowest BCUT2D eigenvalue weighted by atomic mass is 10.0. The molecular formula is C15H19N3O2S. The van der Waals surface area contributed by atoms with Gasteiger partial charge in [0.2, 0.25) is 5.91 Å². The topological polar surface area (TPSA) is 58.4 Å². The predicted molar refractivity (Wildman–Crippen MR) is 81.1 cm³/mol. The molecule has 1 N–H and O–H groups in total. The fourth-order valence-corrected chi connectivity index (χ4v) is 3.55. The number of aliphatic hydroxyl groups is 1. The van der Waals surface area contributed by atoms with E-state index in [0.29, 0.717) is 25.8 Å². The number of carbonyl (C=O) groups is 1. The molecule has 1 aliphatic rings. The number of hydrogen-bond donors (Lipinski definition) is 1. The molecule has 2 aromatic rings. The minimum Gasteiger partial charge on any atom is -0.391 e. The van der Waals surface area contributed by atoms with Crippen LogP contribution in [-0.2, 0) is 24.7 Å². The van der Waals surface area contributed by atoms with Gasteiger partial charge in [0.1, 0.15) is 0 Å². The molecule has 0 spiro atoms. The molecule has 2 atom stereocenters. The lowest BCUT2D eigenvalue weighted by molar-refractivity contribution is -0.132.